The molecule has 1 aliphatic heterocycles. The number of nitrogens with zero attached hydrogens (tertiary/aromatic N) is 4. The van der Waals surface area contributed by atoms with Crippen molar-refractivity contribution in [2.45, 2.75) is 31.2 Å². The number of amides is 1. The topological polar surface area (TPSA) is 117 Å². The number of morpholine rings is 1. The maximum Gasteiger partial charge on any atom is 0.243 e. The van der Waals surface area contributed by atoms with E-state index in [9.17, 15) is 13.2 Å². The smallest absolute Gasteiger partial charge is 0.243 e. The van der Waals surface area contributed by atoms with E-state index < -0.39 is 10.0 Å². The molecule has 172 valence electrons. The lowest BCUT2D eigenvalue weighted by Gasteiger charge is -2.26. The molecule has 33 heavy (non-hydrogen) atoms. The minimum absolute atomic E-state index is 0.162. The zero-order chi connectivity index (χ0) is 23.4. The molecular formula is C23H25N5O4S. The monoisotopic (exact) mass is 467 g/mol. The number of aryl methyl sites for hydroxylation is 2. The molecule has 1 amide bonds. The molecule has 0 aliphatic carbocycles. The van der Waals surface area contributed by atoms with E-state index in [2.05, 4.69) is 10.3 Å². The van der Waals surface area contributed by atoms with E-state index in [0.717, 1.165) is 11.3 Å². The van der Waals surface area contributed by atoms with Gasteiger partial charge in [0.2, 0.25) is 15.9 Å². The van der Waals surface area contributed by atoms with Crippen molar-refractivity contribution in [3.63, 3.8) is 0 Å². The Labute approximate surface area is 192 Å². The van der Waals surface area contributed by atoms with Crippen LogP contribution < -0.4 is 5.32 Å². The second kappa shape index (κ2) is 9.70. The molecule has 1 saturated heterocycles. The van der Waals surface area contributed by atoms with Gasteiger partial charge in [-0.25, -0.2) is 13.4 Å². The number of sulfonamides is 1. The molecule has 0 radical (unpaired) electrons. The molecule has 1 fully saturated rings. The first kappa shape index (κ1) is 22.9. The Morgan fingerprint density at radius 2 is 1.91 bits per heavy atom. The summed E-state index contributed by atoms with van der Waals surface area (Å²) >= 11 is 0. The van der Waals surface area contributed by atoms with Gasteiger partial charge < -0.3 is 14.6 Å². The Balaban J connectivity index is 1.50. The number of carbonyl (C=O) groups is 1. The van der Waals surface area contributed by atoms with Crippen molar-refractivity contribution >= 4 is 32.7 Å². The maximum absolute atomic E-state index is 13.0. The molecular weight excluding hydrogens is 442 g/mol. The second-order valence-electron chi connectivity index (χ2n) is 7.68. The lowest BCUT2D eigenvalue weighted by molar-refractivity contribution is -0.116. The fourth-order valence-corrected chi connectivity index (χ4v) is 5.31. The number of carbonyl (C=O) groups excluding carboxylic acids is 1. The first-order valence-electron chi connectivity index (χ1n) is 10.8. The predicted octanol–water partition coefficient (Wildman–Crippen LogP) is 2.52. The van der Waals surface area contributed by atoms with E-state index in [1.54, 1.807) is 42.5 Å². The van der Waals surface area contributed by atoms with E-state index in [0.29, 0.717) is 56.0 Å². The number of benzene rings is 2. The van der Waals surface area contributed by atoms with Gasteiger partial charge in [-0.15, -0.1) is 0 Å². The minimum atomic E-state index is -3.61. The summed E-state index contributed by atoms with van der Waals surface area (Å²) in [5.41, 5.74) is 2.58. The molecule has 4 rings (SSSR count). The predicted molar refractivity (Wildman–Crippen MR) is 123 cm³/mol. The van der Waals surface area contributed by atoms with Gasteiger partial charge in [-0.05, 0) is 49.4 Å². The number of hydrogen-bond donors (Lipinski definition) is 1. The lowest BCUT2D eigenvalue weighted by Crippen LogP contribution is -2.40. The molecule has 0 saturated carbocycles. The molecule has 3 aromatic rings. The summed E-state index contributed by atoms with van der Waals surface area (Å²) in [6.07, 6.45) is 0.637. The van der Waals surface area contributed by atoms with Gasteiger partial charge in [-0.2, -0.15) is 9.57 Å². The van der Waals surface area contributed by atoms with Crippen LogP contribution in [0.15, 0.2) is 47.4 Å². The summed E-state index contributed by atoms with van der Waals surface area (Å²) in [4.78, 5) is 17.3. The van der Waals surface area contributed by atoms with Crippen molar-refractivity contribution in [3.05, 3.63) is 53.9 Å². The highest BCUT2D eigenvalue weighted by molar-refractivity contribution is 7.89. The first-order chi connectivity index (χ1) is 15.9. The van der Waals surface area contributed by atoms with Crippen LogP contribution in [0.3, 0.4) is 0 Å². The number of hydrogen-bond acceptors (Lipinski definition) is 6. The van der Waals surface area contributed by atoms with Crippen LogP contribution in [0.2, 0.25) is 0 Å². The Morgan fingerprint density at radius 3 is 2.58 bits per heavy atom. The van der Waals surface area contributed by atoms with Crippen molar-refractivity contribution in [3.8, 4) is 6.07 Å². The summed E-state index contributed by atoms with van der Waals surface area (Å²) in [6, 6.07) is 13.7. The zero-order valence-corrected chi connectivity index (χ0v) is 19.1. The number of rotatable bonds is 7. The highest BCUT2D eigenvalue weighted by Gasteiger charge is 2.27. The largest absolute Gasteiger partial charge is 0.379 e. The SMILES string of the molecule is CCn1c(CCC(=O)Nc2ccc(C#N)cc2)nc2cc(S(=O)(=O)N3CCOCC3)ccc21. The van der Waals surface area contributed by atoms with Gasteiger partial charge in [0, 0.05) is 38.2 Å². The molecule has 0 bridgehead atoms. The van der Waals surface area contributed by atoms with Crippen molar-refractivity contribution in [2.24, 2.45) is 0 Å². The van der Waals surface area contributed by atoms with E-state index in [1.807, 2.05) is 17.6 Å². The van der Waals surface area contributed by atoms with Gasteiger partial charge in [-0.3, -0.25) is 4.79 Å². The second-order valence-corrected chi connectivity index (χ2v) is 9.61. The van der Waals surface area contributed by atoms with Gasteiger partial charge in [-0.1, -0.05) is 0 Å². The third-order valence-corrected chi connectivity index (χ3v) is 7.49. The number of ether oxygens (including phenoxy) is 1. The van der Waals surface area contributed by atoms with Crippen LogP contribution in [0, 0.1) is 11.3 Å². The lowest BCUT2D eigenvalue weighted by atomic mass is 10.2. The van der Waals surface area contributed by atoms with E-state index >= 15 is 0 Å². The van der Waals surface area contributed by atoms with Gasteiger partial charge >= 0.3 is 0 Å². The van der Waals surface area contributed by atoms with Gasteiger partial charge in [0.1, 0.15) is 5.82 Å². The Kier molecular flexibility index (Phi) is 6.74. The van der Waals surface area contributed by atoms with Crippen LogP contribution in [0.4, 0.5) is 5.69 Å². The molecule has 10 heteroatoms. The zero-order valence-electron chi connectivity index (χ0n) is 18.3. The molecule has 9 nitrogen and oxygen atoms in total. The summed E-state index contributed by atoms with van der Waals surface area (Å²) < 4.78 is 34.7. The van der Waals surface area contributed by atoms with Gasteiger partial charge in [0.15, 0.2) is 0 Å². The molecule has 1 N–H and O–H groups in total. The summed E-state index contributed by atoms with van der Waals surface area (Å²) in [6.45, 7) is 4.09. The molecule has 0 atom stereocenters. The van der Waals surface area contributed by atoms with Crippen LogP contribution in [0.5, 0.6) is 0 Å². The molecule has 2 heterocycles. The molecule has 2 aromatic carbocycles. The number of aromatic nitrogens is 2. The third kappa shape index (κ3) is 4.90. The number of anilines is 1. The van der Waals surface area contributed by atoms with Crippen molar-refractivity contribution < 1.29 is 17.9 Å². The molecule has 0 spiro atoms. The number of imidazole rings is 1. The van der Waals surface area contributed by atoms with Crippen LogP contribution in [-0.4, -0.2) is 54.5 Å². The summed E-state index contributed by atoms with van der Waals surface area (Å²) in [5, 5.41) is 11.7. The Hall–Kier alpha value is -3.26. The van der Waals surface area contributed by atoms with Crippen LogP contribution >= 0.6 is 0 Å². The highest BCUT2D eigenvalue weighted by Crippen LogP contribution is 2.24. The van der Waals surface area contributed by atoms with Gasteiger partial charge in [0.25, 0.3) is 0 Å². The third-order valence-electron chi connectivity index (χ3n) is 5.60. The first-order valence-corrected chi connectivity index (χ1v) is 12.2. The Bertz CT molecular complexity index is 1300. The average molecular weight is 468 g/mol. The van der Waals surface area contributed by atoms with Crippen LogP contribution in [-0.2, 0) is 32.5 Å². The maximum atomic E-state index is 13.0. The Morgan fingerprint density at radius 1 is 1.18 bits per heavy atom. The molecule has 0 unspecified atom stereocenters. The van der Waals surface area contributed by atoms with E-state index in [4.69, 9.17) is 10.00 Å². The van der Waals surface area contributed by atoms with Crippen LogP contribution in [0.25, 0.3) is 11.0 Å². The van der Waals surface area contributed by atoms with Crippen molar-refractivity contribution in [2.75, 3.05) is 31.6 Å². The van der Waals surface area contributed by atoms with E-state index in [-0.39, 0.29) is 17.2 Å². The van der Waals surface area contributed by atoms with Crippen LogP contribution in [0.1, 0.15) is 24.7 Å². The van der Waals surface area contributed by atoms with Gasteiger partial charge in [0.05, 0.1) is 40.8 Å². The standard InChI is InChI=1S/C23H25N5O4S/c1-2-28-21-8-7-19(33(30,31)27-11-13-32-14-12-27)15-20(21)26-22(28)9-10-23(29)25-18-5-3-17(16-24)4-6-18/h3-8,15H,2,9-14H2,1H3,(H,25,29). The fourth-order valence-electron chi connectivity index (χ4n) is 3.88. The van der Waals surface area contributed by atoms with E-state index in [1.165, 1.54) is 4.31 Å². The molecule has 1 aliphatic rings. The fraction of sp³-hybridized carbons (Fsp3) is 0.348. The number of nitrogens with one attached hydrogen (secondary N) is 1. The highest BCUT2D eigenvalue weighted by atomic mass is 32.2. The van der Waals surface area contributed by atoms with Crippen molar-refractivity contribution in [1.29, 1.82) is 5.26 Å². The number of nitriles is 1. The summed E-state index contributed by atoms with van der Waals surface area (Å²) in [5.74, 6) is 0.563. The van der Waals surface area contributed by atoms with Crippen molar-refractivity contribution in [1.82, 2.24) is 13.9 Å². The normalized spacial score (nSPS) is 14.8. The summed E-state index contributed by atoms with van der Waals surface area (Å²) in [7, 11) is -3.61. The quantitative estimate of drug-likeness (QED) is 0.571. The molecule has 1 aromatic heterocycles. The average Bonchev–Trinajstić information content (AvgIpc) is 3.20. The number of fused-ring (bicyclic) bond motifs is 1. The minimum Gasteiger partial charge on any atom is -0.379 e.